The first-order valence-electron chi connectivity index (χ1n) is 14.5. The van der Waals surface area contributed by atoms with Crippen molar-refractivity contribution in [1.82, 2.24) is 24.4 Å². The number of amides is 1. The van der Waals surface area contributed by atoms with Crippen molar-refractivity contribution in [2.45, 2.75) is 44.1 Å². The van der Waals surface area contributed by atoms with Gasteiger partial charge in [0.25, 0.3) is 5.91 Å². The van der Waals surface area contributed by atoms with Crippen LogP contribution < -0.4 is 9.62 Å². The van der Waals surface area contributed by atoms with Gasteiger partial charge in [-0.25, -0.2) is 22.8 Å². The Morgan fingerprint density at radius 1 is 1.07 bits per heavy atom. The van der Waals surface area contributed by atoms with Crippen LogP contribution in [0.15, 0.2) is 36.4 Å². The zero-order valence-electron chi connectivity index (χ0n) is 23.5. The molecule has 41 heavy (non-hydrogen) atoms. The number of rotatable bonds is 9. The highest BCUT2D eigenvalue weighted by Gasteiger charge is 2.33. The summed E-state index contributed by atoms with van der Waals surface area (Å²) in [6, 6.07) is 12.0. The Balaban J connectivity index is 1.41. The first-order chi connectivity index (χ1) is 19.9. The molecule has 3 aliphatic rings. The van der Waals surface area contributed by atoms with Gasteiger partial charge in [0.05, 0.1) is 48.0 Å². The molecule has 0 bridgehead atoms. The standard InChI is InChI=1S/C29H38N6O5S/c1-39-18-19-41(37,38)32-29(36)24-20-25(34-12-10-22(11-13-34)33-14-16-40-17-15-33)26-27(21-6-5-7-21)31-35(28(26)30-24)23-8-3-2-4-9-23/h2-4,8-9,20-22H,5-7,10-19H2,1H3,(H,32,36). The average Bonchev–Trinajstić information content (AvgIpc) is 3.34. The van der Waals surface area contributed by atoms with E-state index in [4.69, 9.17) is 19.6 Å². The molecule has 1 amide bonds. The number of nitrogens with one attached hydrogen (secondary N) is 1. The van der Waals surface area contributed by atoms with Crippen LogP contribution in [-0.4, -0.2) is 98.9 Å². The van der Waals surface area contributed by atoms with Gasteiger partial charge in [-0.15, -0.1) is 0 Å². The Labute approximate surface area is 240 Å². The monoisotopic (exact) mass is 582 g/mol. The maximum atomic E-state index is 13.4. The zero-order chi connectivity index (χ0) is 28.4. The number of piperidine rings is 1. The lowest BCUT2D eigenvalue weighted by Gasteiger charge is -2.41. The number of morpholine rings is 1. The van der Waals surface area contributed by atoms with Crippen molar-refractivity contribution in [1.29, 1.82) is 0 Å². The van der Waals surface area contributed by atoms with Crippen LogP contribution in [0, 0.1) is 0 Å². The Kier molecular flexibility index (Phi) is 8.25. The number of anilines is 1. The molecule has 1 aliphatic carbocycles. The summed E-state index contributed by atoms with van der Waals surface area (Å²) in [7, 11) is -2.46. The van der Waals surface area contributed by atoms with E-state index in [1.54, 1.807) is 6.07 Å². The number of carbonyl (C=O) groups is 1. The number of benzene rings is 1. The maximum Gasteiger partial charge on any atom is 0.283 e. The van der Waals surface area contributed by atoms with E-state index in [1.807, 2.05) is 35.0 Å². The fourth-order valence-electron chi connectivity index (χ4n) is 6.06. The molecule has 220 valence electrons. The summed E-state index contributed by atoms with van der Waals surface area (Å²) in [5.74, 6) is -0.728. The van der Waals surface area contributed by atoms with Crippen molar-refractivity contribution in [3.05, 3.63) is 47.8 Å². The number of hydrogen-bond acceptors (Lipinski definition) is 9. The molecule has 1 aromatic carbocycles. The number of ether oxygens (including phenoxy) is 2. The number of hydrogen-bond donors (Lipinski definition) is 1. The lowest BCUT2D eigenvalue weighted by Crippen LogP contribution is -2.49. The Morgan fingerprint density at radius 2 is 1.80 bits per heavy atom. The molecule has 2 saturated heterocycles. The Hall–Kier alpha value is -3.06. The highest BCUT2D eigenvalue weighted by molar-refractivity contribution is 7.90. The van der Waals surface area contributed by atoms with Crippen LogP contribution in [0.5, 0.6) is 0 Å². The predicted octanol–water partition coefficient (Wildman–Crippen LogP) is 2.70. The van der Waals surface area contributed by atoms with Gasteiger partial charge in [0, 0.05) is 45.2 Å². The van der Waals surface area contributed by atoms with E-state index < -0.39 is 15.9 Å². The second kappa shape index (κ2) is 12.0. The van der Waals surface area contributed by atoms with Crippen molar-refractivity contribution in [3.8, 4) is 5.69 Å². The fraction of sp³-hybridized carbons (Fsp3) is 0.552. The fourth-order valence-corrected chi connectivity index (χ4v) is 6.93. The smallest absolute Gasteiger partial charge is 0.283 e. The quantitative estimate of drug-likeness (QED) is 0.406. The minimum absolute atomic E-state index is 0.00998. The van der Waals surface area contributed by atoms with Gasteiger partial charge < -0.3 is 14.4 Å². The summed E-state index contributed by atoms with van der Waals surface area (Å²) in [6.07, 6.45) is 5.31. The van der Waals surface area contributed by atoms with Gasteiger partial charge >= 0.3 is 0 Å². The van der Waals surface area contributed by atoms with E-state index in [0.29, 0.717) is 17.6 Å². The molecule has 0 radical (unpaired) electrons. The summed E-state index contributed by atoms with van der Waals surface area (Å²) in [5, 5.41) is 6.04. The number of sulfonamides is 1. The molecular weight excluding hydrogens is 544 g/mol. The number of nitrogens with zero attached hydrogens (tertiary/aromatic N) is 5. The highest BCUT2D eigenvalue weighted by Crippen LogP contribution is 2.43. The van der Waals surface area contributed by atoms with E-state index in [2.05, 4.69) is 14.5 Å². The molecule has 0 unspecified atom stereocenters. The molecule has 6 rings (SSSR count). The summed E-state index contributed by atoms with van der Waals surface area (Å²) in [6.45, 7) is 5.12. The molecule has 0 spiro atoms. The molecule has 3 fully saturated rings. The van der Waals surface area contributed by atoms with E-state index in [9.17, 15) is 13.2 Å². The van der Waals surface area contributed by atoms with Crippen molar-refractivity contribution in [2.75, 3.05) is 63.8 Å². The third kappa shape index (κ3) is 5.97. The number of para-hydroxylation sites is 1. The predicted molar refractivity (Wildman–Crippen MR) is 156 cm³/mol. The highest BCUT2D eigenvalue weighted by atomic mass is 32.2. The SMILES string of the molecule is COCCS(=O)(=O)NC(=O)c1cc(N2CCC(N3CCOCC3)CC2)c2c(C3CCC3)nn(-c3ccccc3)c2n1. The number of fused-ring (bicyclic) bond motifs is 1. The maximum absolute atomic E-state index is 13.4. The average molecular weight is 583 g/mol. The van der Waals surface area contributed by atoms with Gasteiger partial charge in [0.1, 0.15) is 5.69 Å². The second-order valence-electron chi connectivity index (χ2n) is 11.1. The van der Waals surface area contributed by atoms with Crippen molar-refractivity contribution >= 4 is 32.7 Å². The van der Waals surface area contributed by atoms with E-state index in [0.717, 1.165) is 94.0 Å². The molecule has 12 heteroatoms. The van der Waals surface area contributed by atoms with Gasteiger partial charge in [-0.05, 0) is 43.9 Å². The van der Waals surface area contributed by atoms with Crippen LogP contribution in [0.4, 0.5) is 5.69 Å². The van der Waals surface area contributed by atoms with Crippen LogP contribution in [0.2, 0.25) is 0 Å². The van der Waals surface area contributed by atoms with Crippen molar-refractivity contribution < 1.29 is 22.7 Å². The van der Waals surface area contributed by atoms with E-state index in [1.165, 1.54) is 7.11 Å². The van der Waals surface area contributed by atoms with Gasteiger partial charge in [0.2, 0.25) is 10.0 Å². The van der Waals surface area contributed by atoms with Crippen LogP contribution in [0.25, 0.3) is 16.7 Å². The normalized spacial score (nSPS) is 19.4. The molecule has 0 atom stereocenters. The van der Waals surface area contributed by atoms with Crippen LogP contribution in [0.1, 0.15) is 54.2 Å². The third-order valence-corrected chi connectivity index (χ3v) is 9.74. The van der Waals surface area contributed by atoms with Gasteiger partial charge in [-0.2, -0.15) is 5.10 Å². The summed E-state index contributed by atoms with van der Waals surface area (Å²) in [4.78, 5) is 23.0. The molecule has 11 nitrogen and oxygen atoms in total. The molecule has 1 N–H and O–H groups in total. The molecule has 4 heterocycles. The topological polar surface area (TPSA) is 119 Å². The van der Waals surface area contributed by atoms with Gasteiger partial charge in [-0.3, -0.25) is 9.69 Å². The van der Waals surface area contributed by atoms with Gasteiger partial charge in [-0.1, -0.05) is 24.6 Å². The number of methoxy groups -OCH3 is 1. The Bertz CT molecular complexity index is 1480. The first-order valence-corrected chi connectivity index (χ1v) is 16.2. The molecule has 2 aromatic heterocycles. The zero-order valence-corrected chi connectivity index (χ0v) is 24.3. The lowest BCUT2D eigenvalue weighted by atomic mass is 9.82. The van der Waals surface area contributed by atoms with Crippen LogP contribution >= 0.6 is 0 Å². The first kappa shape index (κ1) is 28.1. The number of pyridine rings is 1. The summed E-state index contributed by atoms with van der Waals surface area (Å²) < 4.78 is 39.6. The minimum atomic E-state index is -3.88. The largest absolute Gasteiger partial charge is 0.384 e. The summed E-state index contributed by atoms with van der Waals surface area (Å²) >= 11 is 0. The Morgan fingerprint density at radius 3 is 2.46 bits per heavy atom. The lowest BCUT2D eigenvalue weighted by molar-refractivity contribution is 0.0115. The van der Waals surface area contributed by atoms with Crippen molar-refractivity contribution in [2.24, 2.45) is 0 Å². The van der Waals surface area contributed by atoms with E-state index in [-0.39, 0.29) is 18.1 Å². The van der Waals surface area contributed by atoms with Crippen LogP contribution in [-0.2, 0) is 19.5 Å². The summed E-state index contributed by atoms with van der Waals surface area (Å²) in [5.41, 5.74) is 3.38. The van der Waals surface area contributed by atoms with E-state index >= 15 is 0 Å². The third-order valence-electron chi connectivity index (χ3n) is 8.54. The molecule has 2 aliphatic heterocycles. The van der Waals surface area contributed by atoms with Crippen molar-refractivity contribution in [3.63, 3.8) is 0 Å². The second-order valence-corrected chi connectivity index (χ2v) is 12.9. The van der Waals surface area contributed by atoms with Crippen LogP contribution in [0.3, 0.4) is 0 Å². The number of carbonyl (C=O) groups excluding carboxylic acids is 1. The number of aromatic nitrogens is 3. The minimum Gasteiger partial charge on any atom is -0.384 e. The molecule has 3 aromatic rings. The molecule has 1 saturated carbocycles. The molecular formula is C29H38N6O5S. The van der Waals surface area contributed by atoms with Gasteiger partial charge in [0.15, 0.2) is 5.65 Å².